The Hall–Kier alpha value is -1.44. The number of carbonyl (C=O) groups excluding carboxylic acids is 1. The molecule has 2 rings (SSSR count). The Bertz CT molecular complexity index is 734. The summed E-state index contributed by atoms with van der Waals surface area (Å²) in [5.41, 5.74) is 0.508. The first kappa shape index (κ1) is 21.9. The van der Waals surface area contributed by atoms with Gasteiger partial charge in [0.2, 0.25) is 15.9 Å². The van der Waals surface area contributed by atoms with Gasteiger partial charge in [0, 0.05) is 19.8 Å². The third-order valence-electron chi connectivity index (χ3n) is 5.39. The minimum atomic E-state index is -3.52. The van der Waals surface area contributed by atoms with Crippen molar-refractivity contribution in [2.45, 2.75) is 56.9 Å². The van der Waals surface area contributed by atoms with Crippen molar-refractivity contribution in [3.8, 4) is 0 Å². The molecule has 0 spiro atoms. The molecule has 0 aromatic heterocycles. The van der Waals surface area contributed by atoms with Crippen LogP contribution in [0.15, 0.2) is 29.2 Å². The lowest BCUT2D eigenvalue weighted by molar-refractivity contribution is -0.120. The topological polar surface area (TPSA) is 69.7 Å². The Labute approximate surface area is 164 Å². The van der Waals surface area contributed by atoms with Crippen molar-refractivity contribution < 1.29 is 13.2 Å². The van der Waals surface area contributed by atoms with Gasteiger partial charge >= 0.3 is 0 Å². The summed E-state index contributed by atoms with van der Waals surface area (Å²) < 4.78 is 25.7. The van der Waals surface area contributed by atoms with Crippen molar-refractivity contribution in [3.05, 3.63) is 24.3 Å². The van der Waals surface area contributed by atoms with E-state index in [4.69, 9.17) is 0 Å². The van der Waals surface area contributed by atoms with Crippen LogP contribution in [0, 0.1) is 5.92 Å². The standard InChI is InChI=1S/C20H33N3O3S/c1-5-8-17-9-7-13-23(14-12-17)16(2)20(24)21-18-10-6-11-19(15-18)27(25,26)22(3)4/h6,10-11,15-17H,5,7-9,12-14H2,1-4H3,(H,21,24). The van der Waals surface area contributed by atoms with E-state index in [9.17, 15) is 13.2 Å². The summed E-state index contributed by atoms with van der Waals surface area (Å²) in [6.45, 7) is 6.03. The zero-order chi connectivity index (χ0) is 20.0. The van der Waals surface area contributed by atoms with Gasteiger partial charge in [0.15, 0.2) is 0 Å². The number of nitrogens with zero attached hydrogens (tertiary/aromatic N) is 2. The molecule has 27 heavy (non-hydrogen) atoms. The second kappa shape index (κ2) is 9.66. The summed E-state index contributed by atoms with van der Waals surface area (Å²) in [4.78, 5) is 15.1. The Balaban J connectivity index is 2.02. The molecule has 1 amide bonds. The van der Waals surface area contributed by atoms with Crippen LogP contribution < -0.4 is 5.32 Å². The highest BCUT2D eigenvalue weighted by Crippen LogP contribution is 2.23. The highest BCUT2D eigenvalue weighted by atomic mass is 32.2. The maximum absolute atomic E-state index is 12.7. The van der Waals surface area contributed by atoms with E-state index in [1.54, 1.807) is 12.1 Å². The van der Waals surface area contributed by atoms with E-state index in [0.717, 1.165) is 31.8 Å². The monoisotopic (exact) mass is 395 g/mol. The van der Waals surface area contributed by atoms with Gasteiger partial charge in [0.25, 0.3) is 0 Å². The molecule has 1 aliphatic heterocycles. The number of amides is 1. The van der Waals surface area contributed by atoms with Crippen LogP contribution in [0.5, 0.6) is 0 Å². The largest absolute Gasteiger partial charge is 0.325 e. The first-order valence-electron chi connectivity index (χ1n) is 9.83. The van der Waals surface area contributed by atoms with Crippen LogP contribution in [-0.4, -0.2) is 56.8 Å². The van der Waals surface area contributed by atoms with Crippen LogP contribution in [0.4, 0.5) is 5.69 Å². The van der Waals surface area contributed by atoms with Crippen LogP contribution in [0.1, 0.15) is 46.0 Å². The van der Waals surface area contributed by atoms with Crippen LogP contribution in [0.25, 0.3) is 0 Å². The lowest BCUT2D eigenvalue weighted by atomic mass is 9.96. The number of carbonyl (C=O) groups is 1. The van der Waals surface area contributed by atoms with E-state index in [2.05, 4.69) is 17.1 Å². The van der Waals surface area contributed by atoms with E-state index < -0.39 is 10.0 Å². The maximum Gasteiger partial charge on any atom is 0.242 e. The molecule has 0 bridgehead atoms. The summed E-state index contributed by atoms with van der Waals surface area (Å²) in [5, 5.41) is 2.88. The van der Waals surface area contributed by atoms with Crippen molar-refractivity contribution in [2.24, 2.45) is 5.92 Å². The van der Waals surface area contributed by atoms with E-state index in [1.807, 2.05) is 6.92 Å². The summed E-state index contributed by atoms with van der Waals surface area (Å²) in [6.07, 6.45) is 5.98. The molecule has 1 heterocycles. The number of anilines is 1. The zero-order valence-electron chi connectivity index (χ0n) is 16.9. The average molecular weight is 396 g/mol. The number of likely N-dealkylation sites (tertiary alicyclic amines) is 1. The van der Waals surface area contributed by atoms with Gasteiger partial charge in [-0.05, 0) is 63.4 Å². The number of sulfonamides is 1. The number of nitrogens with one attached hydrogen (secondary N) is 1. The highest BCUT2D eigenvalue weighted by Gasteiger charge is 2.25. The molecule has 1 aromatic rings. The van der Waals surface area contributed by atoms with Gasteiger partial charge in [-0.3, -0.25) is 9.69 Å². The number of hydrogen-bond acceptors (Lipinski definition) is 4. The molecule has 0 aliphatic carbocycles. The number of rotatable bonds is 7. The van der Waals surface area contributed by atoms with Gasteiger partial charge in [-0.15, -0.1) is 0 Å². The maximum atomic E-state index is 12.7. The minimum absolute atomic E-state index is 0.0941. The van der Waals surface area contributed by atoms with E-state index in [0.29, 0.717) is 5.69 Å². The lowest BCUT2D eigenvalue weighted by Crippen LogP contribution is -2.42. The Morgan fingerprint density at radius 3 is 2.70 bits per heavy atom. The fourth-order valence-electron chi connectivity index (χ4n) is 3.63. The molecule has 6 nitrogen and oxygen atoms in total. The summed E-state index contributed by atoms with van der Waals surface area (Å²) in [6, 6.07) is 6.19. The molecule has 152 valence electrons. The molecular formula is C20H33N3O3S. The lowest BCUT2D eigenvalue weighted by Gasteiger charge is -2.27. The normalized spacial score (nSPS) is 20.3. The predicted molar refractivity (Wildman–Crippen MR) is 109 cm³/mol. The van der Waals surface area contributed by atoms with Crippen molar-refractivity contribution >= 4 is 21.6 Å². The molecule has 2 atom stereocenters. The smallest absolute Gasteiger partial charge is 0.242 e. The first-order valence-corrected chi connectivity index (χ1v) is 11.3. The fourth-order valence-corrected chi connectivity index (χ4v) is 4.58. The molecule has 1 fully saturated rings. The Kier molecular flexibility index (Phi) is 7.82. The third kappa shape index (κ3) is 5.77. The summed E-state index contributed by atoms with van der Waals surface area (Å²) in [7, 11) is -0.533. The van der Waals surface area contributed by atoms with Crippen LogP contribution >= 0.6 is 0 Å². The molecule has 7 heteroatoms. The van der Waals surface area contributed by atoms with E-state index in [-0.39, 0.29) is 16.8 Å². The quantitative estimate of drug-likeness (QED) is 0.770. The zero-order valence-corrected chi connectivity index (χ0v) is 17.8. The fraction of sp³-hybridized carbons (Fsp3) is 0.650. The van der Waals surface area contributed by atoms with Gasteiger partial charge in [-0.2, -0.15) is 0 Å². The van der Waals surface area contributed by atoms with Crippen LogP contribution in [0.2, 0.25) is 0 Å². The van der Waals surface area contributed by atoms with Gasteiger partial charge in [-0.1, -0.05) is 25.8 Å². The van der Waals surface area contributed by atoms with Crippen molar-refractivity contribution in [3.63, 3.8) is 0 Å². The summed E-state index contributed by atoms with van der Waals surface area (Å²) >= 11 is 0. The molecular weight excluding hydrogens is 362 g/mol. The van der Waals surface area contributed by atoms with E-state index in [1.165, 1.54) is 49.8 Å². The Morgan fingerprint density at radius 1 is 1.30 bits per heavy atom. The number of hydrogen-bond donors (Lipinski definition) is 1. The van der Waals surface area contributed by atoms with E-state index >= 15 is 0 Å². The second-order valence-corrected chi connectivity index (χ2v) is 9.75. The molecule has 1 saturated heterocycles. The number of benzene rings is 1. The third-order valence-corrected chi connectivity index (χ3v) is 7.20. The SMILES string of the molecule is CCCC1CCCN(C(C)C(=O)Nc2cccc(S(=O)(=O)N(C)C)c2)CC1. The second-order valence-electron chi connectivity index (χ2n) is 7.60. The van der Waals surface area contributed by atoms with Gasteiger partial charge in [0.05, 0.1) is 10.9 Å². The van der Waals surface area contributed by atoms with Crippen LogP contribution in [0.3, 0.4) is 0 Å². The average Bonchev–Trinajstić information content (AvgIpc) is 2.87. The molecule has 1 aliphatic rings. The molecule has 0 radical (unpaired) electrons. The first-order chi connectivity index (χ1) is 12.8. The van der Waals surface area contributed by atoms with Crippen LogP contribution in [-0.2, 0) is 14.8 Å². The molecule has 2 unspecified atom stereocenters. The predicted octanol–water partition coefficient (Wildman–Crippen LogP) is 3.17. The van der Waals surface area contributed by atoms with Gasteiger partial charge in [0.1, 0.15) is 0 Å². The van der Waals surface area contributed by atoms with Crippen molar-refractivity contribution in [1.29, 1.82) is 0 Å². The van der Waals surface area contributed by atoms with Gasteiger partial charge in [-0.25, -0.2) is 12.7 Å². The highest BCUT2D eigenvalue weighted by molar-refractivity contribution is 7.89. The Morgan fingerprint density at radius 2 is 2.04 bits per heavy atom. The van der Waals surface area contributed by atoms with Crippen molar-refractivity contribution in [2.75, 3.05) is 32.5 Å². The van der Waals surface area contributed by atoms with Crippen molar-refractivity contribution in [1.82, 2.24) is 9.21 Å². The van der Waals surface area contributed by atoms with Gasteiger partial charge < -0.3 is 5.32 Å². The molecule has 0 saturated carbocycles. The molecule has 1 aromatic carbocycles. The molecule has 1 N–H and O–H groups in total. The minimum Gasteiger partial charge on any atom is -0.325 e. The summed E-state index contributed by atoms with van der Waals surface area (Å²) in [5.74, 6) is 0.673.